The molecule has 0 saturated heterocycles. The van der Waals surface area contributed by atoms with Gasteiger partial charge in [0.2, 0.25) is 5.78 Å². The van der Waals surface area contributed by atoms with E-state index in [0.717, 1.165) is 17.4 Å². The van der Waals surface area contributed by atoms with Gasteiger partial charge in [0.25, 0.3) is 0 Å². The van der Waals surface area contributed by atoms with Gasteiger partial charge in [0.1, 0.15) is 0 Å². The van der Waals surface area contributed by atoms with E-state index in [2.05, 4.69) is 15.9 Å². The van der Waals surface area contributed by atoms with Crippen LogP contribution in [0, 0.1) is 6.92 Å². The van der Waals surface area contributed by atoms with E-state index in [1.165, 1.54) is 6.92 Å². The van der Waals surface area contributed by atoms with Gasteiger partial charge in [0.05, 0.1) is 3.79 Å². The Bertz CT molecular complexity index is 423. The summed E-state index contributed by atoms with van der Waals surface area (Å²) in [6.07, 6.45) is -5.87. The second-order valence-electron chi connectivity index (χ2n) is 2.92. The molecule has 1 aromatic heterocycles. The van der Waals surface area contributed by atoms with Gasteiger partial charge in [-0.1, -0.05) is 0 Å². The molecule has 90 valence electrons. The van der Waals surface area contributed by atoms with Crippen LogP contribution < -0.4 is 0 Å². The lowest BCUT2D eigenvalue weighted by atomic mass is 10.1. The van der Waals surface area contributed by atoms with Gasteiger partial charge < -0.3 is 0 Å². The summed E-state index contributed by atoms with van der Waals surface area (Å²) in [6, 6.07) is 0.960. The molecular formula is C8H4BrF5OS. The number of aryl methyl sites for hydroxylation is 1. The molecule has 0 bridgehead atoms. The first-order valence-corrected chi connectivity index (χ1v) is 5.43. The van der Waals surface area contributed by atoms with E-state index >= 15 is 0 Å². The van der Waals surface area contributed by atoms with Crippen molar-refractivity contribution in [2.45, 2.75) is 19.0 Å². The highest BCUT2D eigenvalue weighted by atomic mass is 79.9. The standard InChI is InChI=1S/C8H4BrF5OS/c1-3-4(2-5(9)16-3)6(15)7(10,11)8(12,13)14/h2H,1H3. The molecule has 0 radical (unpaired) electrons. The van der Waals surface area contributed by atoms with Crippen LogP contribution in [-0.4, -0.2) is 17.9 Å². The minimum absolute atomic E-state index is 0.112. The molecule has 0 aromatic carbocycles. The largest absolute Gasteiger partial charge is 0.461 e. The van der Waals surface area contributed by atoms with Crippen LogP contribution in [0.4, 0.5) is 22.0 Å². The van der Waals surface area contributed by atoms with E-state index in [4.69, 9.17) is 0 Å². The third-order valence-electron chi connectivity index (χ3n) is 1.77. The molecule has 0 spiro atoms. The van der Waals surface area contributed by atoms with Crippen molar-refractivity contribution in [1.82, 2.24) is 0 Å². The fourth-order valence-corrected chi connectivity index (χ4v) is 2.66. The molecule has 0 fully saturated rings. The predicted molar refractivity (Wildman–Crippen MR) is 52.1 cm³/mol. The van der Waals surface area contributed by atoms with Gasteiger partial charge >= 0.3 is 12.1 Å². The minimum Gasteiger partial charge on any atom is -0.287 e. The number of Topliss-reactive ketones (excluding diaryl/α,β-unsaturated/α-hetero) is 1. The molecule has 0 unspecified atom stereocenters. The Hall–Kier alpha value is -0.500. The number of hydrogen-bond donors (Lipinski definition) is 0. The third kappa shape index (κ3) is 2.27. The van der Waals surface area contributed by atoms with Gasteiger partial charge in [-0.2, -0.15) is 22.0 Å². The van der Waals surface area contributed by atoms with Crippen LogP contribution >= 0.6 is 27.3 Å². The number of carbonyl (C=O) groups excluding carboxylic acids is 1. The quantitative estimate of drug-likeness (QED) is 0.589. The number of hydrogen-bond acceptors (Lipinski definition) is 2. The molecule has 16 heavy (non-hydrogen) atoms. The van der Waals surface area contributed by atoms with Crippen molar-refractivity contribution < 1.29 is 26.7 Å². The van der Waals surface area contributed by atoms with Crippen LogP contribution in [-0.2, 0) is 0 Å². The monoisotopic (exact) mass is 322 g/mol. The molecule has 0 amide bonds. The Morgan fingerprint density at radius 1 is 1.31 bits per heavy atom. The second-order valence-corrected chi connectivity index (χ2v) is 5.56. The molecule has 8 heteroatoms. The Morgan fingerprint density at radius 3 is 2.12 bits per heavy atom. The molecule has 1 nitrogen and oxygen atoms in total. The lowest BCUT2D eigenvalue weighted by Gasteiger charge is -2.17. The van der Waals surface area contributed by atoms with Crippen molar-refractivity contribution in [1.29, 1.82) is 0 Å². The molecule has 0 atom stereocenters. The molecule has 0 aliphatic heterocycles. The van der Waals surface area contributed by atoms with Gasteiger partial charge in [0.15, 0.2) is 0 Å². The highest BCUT2D eigenvalue weighted by Crippen LogP contribution is 2.40. The average molecular weight is 323 g/mol. The number of halogens is 6. The molecule has 0 aliphatic rings. The molecular weight excluding hydrogens is 319 g/mol. The first-order valence-electron chi connectivity index (χ1n) is 3.82. The van der Waals surface area contributed by atoms with Gasteiger partial charge in [-0.15, -0.1) is 11.3 Å². The van der Waals surface area contributed by atoms with Crippen molar-refractivity contribution in [2.24, 2.45) is 0 Å². The minimum atomic E-state index is -5.87. The van der Waals surface area contributed by atoms with Crippen molar-refractivity contribution in [2.75, 3.05) is 0 Å². The molecule has 0 aliphatic carbocycles. The Labute approximate surface area is 99.4 Å². The van der Waals surface area contributed by atoms with Gasteiger partial charge in [-0.25, -0.2) is 0 Å². The molecule has 1 heterocycles. The number of ketones is 1. The van der Waals surface area contributed by atoms with Gasteiger partial charge in [0, 0.05) is 10.4 Å². The summed E-state index contributed by atoms with van der Waals surface area (Å²) in [5, 5.41) is 0. The van der Waals surface area contributed by atoms with Crippen molar-refractivity contribution in [3.8, 4) is 0 Å². The van der Waals surface area contributed by atoms with Gasteiger partial charge in [-0.3, -0.25) is 4.79 Å². The molecule has 1 aromatic rings. The van der Waals surface area contributed by atoms with Gasteiger partial charge in [-0.05, 0) is 28.9 Å². The van der Waals surface area contributed by atoms with E-state index in [0.29, 0.717) is 3.79 Å². The highest BCUT2D eigenvalue weighted by Gasteiger charge is 2.63. The number of alkyl halides is 5. The predicted octanol–water partition coefficient (Wildman–Crippen LogP) is 4.20. The van der Waals surface area contributed by atoms with Crippen molar-refractivity contribution in [3.63, 3.8) is 0 Å². The third-order valence-corrected chi connectivity index (χ3v) is 3.33. The summed E-state index contributed by atoms with van der Waals surface area (Å²) in [5.74, 6) is -7.57. The SMILES string of the molecule is Cc1sc(Br)cc1C(=O)C(F)(F)C(F)(F)F. The van der Waals surface area contributed by atoms with Crippen LogP contribution in [0.25, 0.3) is 0 Å². The summed E-state index contributed by atoms with van der Waals surface area (Å²) < 4.78 is 61.5. The number of rotatable bonds is 2. The zero-order valence-corrected chi connectivity index (χ0v) is 10.1. The summed E-state index contributed by atoms with van der Waals surface area (Å²) >= 11 is 3.83. The number of carbonyl (C=O) groups is 1. The van der Waals surface area contributed by atoms with Crippen molar-refractivity contribution in [3.05, 3.63) is 20.3 Å². The van der Waals surface area contributed by atoms with E-state index in [1.54, 1.807) is 0 Å². The maximum absolute atomic E-state index is 12.7. The Morgan fingerprint density at radius 2 is 1.81 bits per heavy atom. The van der Waals surface area contributed by atoms with E-state index < -0.39 is 23.4 Å². The van der Waals surface area contributed by atoms with Crippen molar-refractivity contribution >= 4 is 33.0 Å². The van der Waals surface area contributed by atoms with E-state index in [-0.39, 0.29) is 4.88 Å². The van der Waals surface area contributed by atoms with Crippen LogP contribution in [0.1, 0.15) is 15.2 Å². The summed E-state index contributed by atoms with van der Waals surface area (Å²) in [7, 11) is 0. The smallest absolute Gasteiger partial charge is 0.287 e. The number of thiophene rings is 1. The maximum Gasteiger partial charge on any atom is 0.461 e. The lowest BCUT2D eigenvalue weighted by molar-refractivity contribution is -0.255. The maximum atomic E-state index is 12.7. The fourth-order valence-electron chi connectivity index (χ4n) is 0.969. The summed E-state index contributed by atoms with van der Waals surface area (Å²) in [6.45, 7) is 1.30. The first-order chi connectivity index (χ1) is 7.07. The highest BCUT2D eigenvalue weighted by molar-refractivity contribution is 9.11. The molecule has 0 N–H and O–H groups in total. The van der Waals surface area contributed by atoms with E-state index in [9.17, 15) is 26.7 Å². The first kappa shape index (κ1) is 13.6. The summed E-state index contributed by atoms with van der Waals surface area (Å²) in [5.41, 5.74) is -0.612. The Balaban J connectivity index is 3.17. The van der Waals surface area contributed by atoms with Crippen LogP contribution in [0.5, 0.6) is 0 Å². The summed E-state index contributed by atoms with van der Waals surface area (Å²) in [4.78, 5) is 11.2. The normalized spacial score (nSPS) is 12.9. The zero-order chi connectivity index (χ0) is 12.7. The zero-order valence-electron chi connectivity index (χ0n) is 7.66. The van der Waals surface area contributed by atoms with E-state index in [1.807, 2.05) is 0 Å². The topological polar surface area (TPSA) is 17.1 Å². The van der Waals surface area contributed by atoms with Crippen LogP contribution in [0.2, 0.25) is 0 Å². The molecule has 0 saturated carbocycles. The van der Waals surface area contributed by atoms with Crippen LogP contribution in [0.3, 0.4) is 0 Å². The fraction of sp³-hybridized carbons (Fsp3) is 0.375. The Kier molecular flexibility index (Phi) is 3.45. The van der Waals surface area contributed by atoms with Crippen LogP contribution in [0.15, 0.2) is 9.85 Å². The molecule has 1 rings (SSSR count). The lowest BCUT2D eigenvalue weighted by Crippen LogP contribution is -2.44. The second kappa shape index (κ2) is 4.06. The average Bonchev–Trinajstić information content (AvgIpc) is 2.41.